The Kier molecular flexibility index (Phi) is 2.24. The van der Waals surface area contributed by atoms with Crippen molar-refractivity contribution in [3.63, 3.8) is 0 Å². The lowest BCUT2D eigenvalue weighted by atomic mass is 9.54. The first-order chi connectivity index (χ1) is 8.78. The molecule has 5 rings (SSSR count). The molecular weight excluding hydrogens is 224 g/mol. The highest BCUT2D eigenvalue weighted by Gasteiger charge is 2.58. The van der Waals surface area contributed by atoms with Crippen LogP contribution in [0.1, 0.15) is 25.7 Å². The van der Waals surface area contributed by atoms with Gasteiger partial charge < -0.3 is 4.74 Å². The number of carbonyl (C=O) groups excluding carboxylic acids is 1. The van der Waals surface area contributed by atoms with Crippen molar-refractivity contribution in [2.24, 2.45) is 35.5 Å². The fourth-order valence-corrected chi connectivity index (χ4v) is 5.47. The van der Waals surface area contributed by atoms with Crippen LogP contribution >= 0.6 is 0 Å². The van der Waals surface area contributed by atoms with E-state index in [1.165, 1.54) is 25.3 Å². The van der Waals surface area contributed by atoms with Crippen LogP contribution in [0.25, 0.3) is 0 Å². The van der Waals surface area contributed by atoms with E-state index < -0.39 is 0 Å². The first-order valence-electron chi connectivity index (χ1n) is 7.29. The number of carbonyl (C=O) groups is 1. The largest absolute Gasteiger partial charge is 0.459 e. The van der Waals surface area contributed by atoms with Gasteiger partial charge in [0, 0.05) is 6.08 Å². The van der Waals surface area contributed by atoms with Crippen LogP contribution < -0.4 is 0 Å². The van der Waals surface area contributed by atoms with Gasteiger partial charge in [0.1, 0.15) is 6.10 Å². The number of fused-ring (bicyclic) bond motifs is 4. The smallest absolute Gasteiger partial charge is 0.330 e. The molecule has 5 aliphatic carbocycles. The van der Waals surface area contributed by atoms with Gasteiger partial charge in [-0.3, -0.25) is 0 Å². The SMILES string of the molecule is C=CC(=O)OC1CC2CCC1C1C3C=CC(C3)C21. The summed E-state index contributed by atoms with van der Waals surface area (Å²) in [6, 6.07) is 0. The second-order valence-electron chi connectivity index (χ2n) is 6.52. The third kappa shape index (κ3) is 1.32. The molecule has 0 N–H and O–H groups in total. The Balaban J connectivity index is 1.60. The van der Waals surface area contributed by atoms with Gasteiger partial charge >= 0.3 is 5.97 Å². The van der Waals surface area contributed by atoms with Crippen molar-refractivity contribution in [1.82, 2.24) is 0 Å². The van der Waals surface area contributed by atoms with Gasteiger partial charge in [0.05, 0.1) is 0 Å². The minimum Gasteiger partial charge on any atom is -0.459 e. The van der Waals surface area contributed by atoms with E-state index in [2.05, 4.69) is 18.7 Å². The molecule has 2 heteroatoms. The number of allylic oxidation sites excluding steroid dienone is 2. The molecule has 7 unspecified atom stereocenters. The van der Waals surface area contributed by atoms with Crippen molar-refractivity contribution in [2.45, 2.75) is 31.8 Å². The average Bonchev–Trinajstić information content (AvgIpc) is 3.01. The molecular formula is C16H20O2. The topological polar surface area (TPSA) is 26.3 Å². The molecule has 0 radical (unpaired) electrons. The predicted octanol–water partition coefficient (Wildman–Crippen LogP) is 2.95. The molecule has 4 saturated carbocycles. The van der Waals surface area contributed by atoms with E-state index in [1.54, 1.807) is 0 Å². The number of hydrogen-bond donors (Lipinski definition) is 0. The summed E-state index contributed by atoms with van der Waals surface area (Å²) in [7, 11) is 0. The lowest BCUT2D eigenvalue weighted by molar-refractivity contribution is -0.160. The molecule has 96 valence electrons. The van der Waals surface area contributed by atoms with Crippen LogP contribution in [-0.2, 0) is 9.53 Å². The van der Waals surface area contributed by atoms with E-state index in [0.717, 1.165) is 36.0 Å². The lowest BCUT2D eigenvalue weighted by Crippen LogP contribution is -2.50. The monoisotopic (exact) mass is 244 g/mol. The Labute approximate surface area is 108 Å². The van der Waals surface area contributed by atoms with E-state index in [4.69, 9.17) is 4.74 Å². The second kappa shape index (κ2) is 3.72. The molecule has 7 atom stereocenters. The van der Waals surface area contributed by atoms with Crippen molar-refractivity contribution in [1.29, 1.82) is 0 Å². The minimum atomic E-state index is -0.234. The molecule has 0 amide bonds. The van der Waals surface area contributed by atoms with Gasteiger partial charge in [-0.1, -0.05) is 18.7 Å². The summed E-state index contributed by atoms with van der Waals surface area (Å²) in [5, 5.41) is 0. The first kappa shape index (κ1) is 10.8. The van der Waals surface area contributed by atoms with E-state index in [1.807, 2.05) is 0 Å². The summed E-state index contributed by atoms with van der Waals surface area (Å²) < 4.78 is 5.61. The molecule has 2 nitrogen and oxygen atoms in total. The maximum atomic E-state index is 11.5. The highest BCUT2D eigenvalue weighted by Crippen LogP contribution is 2.63. The molecule has 0 aliphatic heterocycles. The van der Waals surface area contributed by atoms with Gasteiger partial charge in [-0.05, 0) is 61.2 Å². The van der Waals surface area contributed by atoms with E-state index >= 15 is 0 Å². The third-order valence-electron chi connectivity index (χ3n) is 5.94. The van der Waals surface area contributed by atoms with Crippen molar-refractivity contribution in [3.05, 3.63) is 24.8 Å². The third-order valence-corrected chi connectivity index (χ3v) is 5.94. The maximum Gasteiger partial charge on any atom is 0.330 e. The molecule has 0 saturated heterocycles. The van der Waals surface area contributed by atoms with Gasteiger partial charge in [0.15, 0.2) is 0 Å². The normalized spacial score (nSPS) is 51.2. The quantitative estimate of drug-likeness (QED) is 0.424. The Morgan fingerprint density at radius 3 is 2.72 bits per heavy atom. The Hall–Kier alpha value is -1.05. The molecule has 18 heavy (non-hydrogen) atoms. The molecule has 0 aromatic heterocycles. The lowest BCUT2D eigenvalue weighted by Gasteiger charge is -2.52. The Morgan fingerprint density at radius 2 is 1.94 bits per heavy atom. The Bertz CT molecular complexity index is 425. The van der Waals surface area contributed by atoms with E-state index in [0.29, 0.717) is 5.92 Å². The van der Waals surface area contributed by atoms with Crippen molar-refractivity contribution < 1.29 is 9.53 Å². The molecule has 0 heterocycles. The number of esters is 1. The van der Waals surface area contributed by atoms with Crippen LogP contribution in [0, 0.1) is 35.5 Å². The molecule has 0 spiro atoms. The fraction of sp³-hybridized carbons (Fsp3) is 0.688. The predicted molar refractivity (Wildman–Crippen MR) is 68.6 cm³/mol. The van der Waals surface area contributed by atoms with Crippen LogP contribution in [-0.4, -0.2) is 12.1 Å². The van der Waals surface area contributed by atoms with Crippen molar-refractivity contribution in [3.8, 4) is 0 Å². The molecule has 4 bridgehead atoms. The zero-order chi connectivity index (χ0) is 12.3. The number of rotatable bonds is 2. The number of hydrogen-bond acceptors (Lipinski definition) is 2. The van der Waals surface area contributed by atoms with Crippen LogP contribution in [0.5, 0.6) is 0 Å². The zero-order valence-corrected chi connectivity index (χ0v) is 10.6. The van der Waals surface area contributed by atoms with Crippen molar-refractivity contribution >= 4 is 5.97 Å². The van der Waals surface area contributed by atoms with Gasteiger partial charge in [-0.2, -0.15) is 0 Å². The summed E-state index contributed by atoms with van der Waals surface area (Å²) in [5.41, 5.74) is 0. The molecule has 5 aliphatic rings. The summed E-state index contributed by atoms with van der Waals surface area (Å²) in [6.07, 6.45) is 11.4. The van der Waals surface area contributed by atoms with Gasteiger partial charge in [-0.15, -0.1) is 0 Å². The summed E-state index contributed by atoms with van der Waals surface area (Å²) in [5.74, 6) is 4.49. The van der Waals surface area contributed by atoms with Crippen molar-refractivity contribution in [2.75, 3.05) is 0 Å². The average molecular weight is 244 g/mol. The van der Waals surface area contributed by atoms with E-state index in [9.17, 15) is 4.79 Å². The van der Waals surface area contributed by atoms with Crippen LogP contribution in [0.2, 0.25) is 0 Å². The van der Waals surface area contributed by atoms with E-state index in [-0.39, 0.29) is 12.1 Å². The Morgan fingerprint density at radius 1 is 1.17 bits per heavy atom. The molecule has 0 aromatic carbocycles. The zero-order valence-electron chi connectivity index (χ0n) is 10.6. The molecule has 4 fully saturated rings. The fourth-order valence-electron chi connectivity index (χ4n) is 5.47. The van der Waals surface area contributed by atoms with Gasteiger partial charge in [0.25, 0.3) is 0 Å². The number of ether oxygens (including phenoxy) is 1. The summed E-state index contributed by atoms with van der Waals surface area (Å²) in [6.45, 7) is 3.51. The van der Waals surface area contributed by atoms with Gasteiger partial charge in [-0.25, -0.2) is 4.79 Å². The van der Waals surface area contributed by atoms with Crippen LogP contribution in [0.3, 0.4) is 0 Å². The van der Waals surface area contributed by atoms with Crippen LogP contribution in [0.15, 0.2) is 24.8 Å². The summed E-state index contributed by atoms with van der Waals surface area (Å²) in [4.78, 5) is 11.5. The standard InChI is InChI=1S/C16H20O2/c1-2-14(17)18-13-8-11-5-6-12(13)16-10-4-3-9(7-10)15(11)16/h2-4,9-13,15-16H,1,5-8H2. The van der Waals surface area contributed by atoms with Crippen LogP contribution in [0.4, 0.5) is 0 Å². The minimum absolute atomic E-state index is 0.170. The molecule has 0 aromatic rings. The first-order valence-corrected chi connectivity index (χ1v) is 7.29. The highest BCUT2D eigenvalue weighted by atomic mass is 16.5. The maximum absolute atomic E-state index is 11.5. The second-order valence-corrected chi connectivity index (χ2v) is 6.52. The summed E-state index contributed by atoms with van der Waals surface area (Å²) >= 11 is 0. The highest BCUT2D eigenvalue weighted by molar-refractivity contribution is 5.81. The van der Waals surface area contributed by atoms with Gasteiger partial charge in [0.2, 0.25) is 0 Å².